The molecule has 0 aliphatic rings. The van der Waals surface area contributed by atoms with Crippen LogP contribution in [0.5, 0.6) is 0 Å². The molecule has 1 amide bonds. The lowest BCUT2D eigenvalue weighted by atomic mass is 9.86. The molecule has 0 spiro atoms. The number of nitrogens with one attached hydrogen (secondary N) is 1. The molecule has 0 saturated heterocycles. The van der Waals surface area contributed by atoms with Crippen LogP contribution in [0.1, 0.15) is 26.3 Å². The van der Waals surface area contributed by atoms with Gasteiger partial charge in [0, 0.05) is 12.6 Å². The fraction of sp³-hybridized carbons (Fsp3) is 0.500. The number of nitrogens with two attached hydrogens (primary N) is 1. The Hall–Kier alpha value is -1.49. The number of hydrogen-bond acceptors (Lipinski definition) is 2. The van der Waals surface area contributed by atoms with Crippen LogP contribution in [-0.4, -0.2) is 18.5 Å². The molecular formula is C14H20F2N2O. The van der Waals surface area contributed by atoms with E-state index in [1.54, 1.807) is 0 Å². The molecule has 106 valence electrons. The van der Waals surface area contributed by atoms with Crippen LogP contribution in [0.15, 0.2) is 18.2 Å². The van der Waals surface area contributed by atoms with Crippen LogP contribution >= 0.6 is 0 Å². The zero-order chi connectivity index (χ0) is 14.6. The van der Waals surface area contributed by atoms with Crippen molar-refractivity contribution in [1.29, 1.82) is 0 Å². The largest absolute Gasteiger partial charge is 0.351 e. The third-order valence-electron chi connectivity index (χ3n) is 2.96. The summed E-state index contributed by atoms with van der Waals surface area (Å²) in [6.45, 7) is 6.25. The SMILES string of the molecule is CC(C)(C)C(CN)NC(=O)Cc1ccc(F)c(F)c1. The first-order valence-electron chi connectivity index (χ1n) is 6.17. The number of carbonyl (C=O) groups is 1. The van der Waals surface area contributed by atoms with Gasteiger partial charge in [0.15, 0.2) is 11.6 Å². The van der Waals surface area contributed by atoms with Crippen LogP contribution in [0.2, 0.25) is 0 Å². The summed E-state index contributed by atoms with van der Waals surface area (Å²) in [6.07, 6.45) is 0.00375. The summed E-state index contributed by atoms with van der Waals surface area (Å²) < 4.78 is 25.8. The third kappa shape index (κ3) is 4.59. The van der Waals surface area contributed by atoms with Gasteiger partial charge in [-0.2, -0.15) is 0 Å². The molecule has 1 atom stereocenters. The molecule has 5 heteroatoms. The lowest BCUT2D eigenvalue weighted by molar-refractivity contribution is -0.121. The van der Waals surface area contributed by atoms with E-state index in [-0.39, 0.29) is 23.8 Å². The van der Waals surface area contributed by atoms with Crippen molar-refractivity contribution in [1.82, 2.24) is 5.32 Å². The Bertz CT molecular complexity index is 455. The first-order valence-corrected chi connectivity index (χ1v) is 6.17. The van der Waals surface area contributed by atoms with Crippen molar-refractivity contribution >= 4 is 5.91 Å². The van der Waals surface area contributed by atoms with E-state index in [2.05, 4.69) is 5.32 Å². The van der Waals surface area contributed by atoms with Gasteiger partial charge in [0.1, 0.15) is 0 Å². The van der Waals surface area contributed by atoms with Gasteiger partial charge in [-0.15, -0.1) is 0 Å². The predicted molar refractivity (Wildman–Crippen MR) is 70.5 cm³/mol. The summed E-state index contributed by atoms with van der Waals surface area (Å²) in [5.74, 6) is -2.12. The quantitative estimate of drug-likeness (QED) is 0.879. The first kappa shape index (κ1) is 15.6. The van der Waals surface area contributed by atoms with Crippen molar-refractivity contribution < 1.29 is 13.6 Å². The van der Waals surface area contributed by atoms with E-state index >= 15 is 0 Å². The van der Waals surface area contributed by atoms with Crippen LogP contribution in [0.4, 0.5) is 8.78 Å². The van der Waals surface area contributed by atoms with E-state index in [1.807, 2.05) is 20.8 Å². The van der Waals surface area contributed by atoms with E-state index < -0.39 is 11.6 Å². The summed E-state index contributed by atoms with van der Waals surface area (Å²) in [5.41, 5.74) is 5.90. The molecule has 3 nitrogen and oxygen atoms in total. The average Bonchev–Trinajstić information content (AvgIpc) is 2.29. The van der Waals surface area contributed by atoms with Crippen LogP contribution in [0.25, 0.3) is 0 Å². The molecule has 3 N–H and O–H groups in total. The molecule has 1 aromatic carbocycles. The maximum atomic E-state index is 13.0. The summed E-state index contributed by atoms with van der Waals surface area (Å²) in [5, 5.41) is 2.81. The second kappa shape index (κ2) is 6.10. The maximum absolute atomic E-state index is 13.0. The molecule has 0 saturated carbocycles. The number of carbonyl (C=O) groups excluding carboxylic acids is 1. The second-order valence-electron chi connectivity index (χ2n) is 5.65. The number of amides is 1. The Morgan fingerprint density at radius 2 is 1.95 bits per heavy atom. The van der Waals surface area contributed by atoms with E-state index in [0.717, 1.165) is 12.1 Å². The van der Waals surface area contributed by atoms with Gasteiger partial charge in [0.2, 0.25) is 5.91 Å². The highest BCUT2D eigenvalue weighted by Gasteiger charge is 2.24. The van der Waals surface area contributed by atoms with Gasteiger partial charge in [-0.05, 0) is 23.1 Å². The summed E-state index contributed by atoms with van der Waals surface area (Å²) in [7, 11) is 0. The molecule has 0 aliphatic carbocycles. The fourth-order valence-electron chi connectivity index (χ4n) is 1.71. The highest BCUT2D eigenvalue weighted by atomic mass is 19.2. The summed E-state index contributed by atoms with van der Waals surface area (Å²) in [4.78, 5) is 11.8. The Labute approximate surface area is 112 Å². The lowest BCUT2D eigenvalue weighted by Crippen LogP contribution is -2.48. The Balaban J connectivity index is 2.67. The highest BCUT2D eigenvalue weighted by molar-refractivity contribution is 5.78. The third-order valence-corrected chi connectivity index (χ3v) is 2.96. The number of benzene rings is 1. The predicted octanol–water partition coefficient (Wildman–Crippen LogP) is 2.00. The molecule has 19 heavy (non-hydrogen) atoms. The molecule has 1 unspecified atom stereocenters. The van der Waals surface area contributed by atoms with Gasteiger partial charge in [0.25, 0.3) is 0 Å². The molecule has 0 bridgehead atoms. The van der Waals surface area contributed by atoms with E-state index in [9.17, 15) is 13.6 Å². The smallest absolute Gasteiger partial charge is 0.224 e. The summed E-state index contributed by atoms with van der Waals surface area (Å²) >= 11 is 0. The van der Waals surface area contributed by atoms with Gasteiger partial charge < -0.3 is 11.1 Å². The lowest BCUT2D eigenvalue weighted by Gasteiger charge is -2.30. The molecular weight excluding hydrogens is 250 g/mol. The number of rotatable bonds is 4. The van der Waals surface area contributed by atoms with Crippen LogP contribution in [0, 0.1) is 17.0 Å². The normalized spacial score (nSPS) is 13.2. The standard InChI is InChI=1S/C14H20F2N2O/c1-14(2,3)12(8-17)18-13(19)7-9-4-5-10(15)11(16)6-9/h4-6,12H,7-8,17H2,1-3H3,(H,18,19). The van der Waals surface area contributed by atoms with Crippen molar-refractivity contribution in [3.05, 3.63) is 35.4 Å². The summed E-state index contributed by atoms with van der Waals surface area (Å²) in [6, 6.07) is 3.28. The average molecular weight is 270 g/mol. The minimum Gasteiger partial charge on any atom is -0.351 e. The number of hydrogen-bond donors (Lipinski definition) is 2. The molecule has 1 aromatic rings. The molecule has 0 aromatic heterocycles. The van der Waals surface area contributed by atoms with Gasteiger partial charge in [0.05, 0.1) is 6.42 Å². The van der Waals surface area contributed by atoms with Crippen molar-refractivity contribution in [2.45, 2.75) is 33.2 Å². The second-order valence-corrected chi connectivity index (χ2v) is 5.65. The zero-order valence-corrected chi connectivity index (χ0v) is 11.5. The Morgan fingerprint density at radius 3 is 2.42 bits per heavy atom. The highest BCUT2D eigenvalue weighted by Crippen LogP contribution is 2.18. The van der Waals surface area contributed by atoms with Gasteiger partial charge >= 0.3 is 0 Å². The Kier molecular flexibility index (Phi) is 5.00. The zero-order valence-electron chi connectivity index (χ0n) is 11.5. The van der Waals surface area contributed by atoms with Crippen molar-refractivity contribution in [3.63, 3.8) is 0 Å². The van der Waals surface area contributed by atoms with Gasteiger partial charge in [-0.3, -0.25) is 4.79 Å². The molecule has 0 heterocycles. The van der Waals surface area contributed by atoms with Crippen LogP contribution in [0.3, 0.4) is 0 Å². The minimum absolute atomic E-state index is 0.00375. The Morgan fingerprint density at radius 1 is 1.32 bits per heavy atom. The minimum atomic E-state index is -0.948. The van der Waals surface area contributed by atoms with Crippen molar-refractivity contribution in [2.24, 2.45) is 11.1 Å². The van der Waals surface area contributed by atoms with Crippen LogP contribution in [-0.2, 0) is 11.2 Å². The molecule has 0 radical (unpaired) electrons. The molecule has 0 fully saturated rings. The van der Waals surface area contributed by atoms with E-state index in [4.69, 9.17) is 5.73 Å². The van der Waals surface area contributed by atoms with E-state index in [0.29, 0.717) is 12.1 Å². The van der Waals surface area contributed by atoms with Gasteiger partial charge in [-0.25, -0.2) is 8.78 Å². The van der Waals surface area contributed by atoms with Crippen LogP contribution < -0.4 is 11.1 Å². The number of halogens is 2. The van der Waals surface area contributed by atoms with Gasteiger partial charge in [-0.1, -0.05) is 26.8 Å². The van der Waals surface area contributed by atoms with Crippen molar-refractivity contribution in [2.75, 3.05) is 6.54 Å². The maximum Gasteiger partial charge on any atom is 0.224 e. The molecule has 0 aliphatic heterocycles. The molecule has 1 rings (SSSR count). The topological polar surface area (TPSA) is 55.1 Å². The first-order chi connectivity index (χ1) is 8.74. The van der Waals surface area contributed by atoms with E-state index in [1.165, 1.54) is 6.07 Å². The fourth-order valence-corrected chi connectivity index (χ4v) is 1.71. The monoisotopic (exact) mass is 270 g/mol. The van der Waals surface area contributed by atoms with Crippen molar-refractivity contribution in [3.8, 4) is 0 Å².